The van der Waals surface area contributed by atoms with Gasteiger partial charge in [-0.1, -0.05) is 6.07 Å². The number of piperidine rings is 1. The Labute approximate surface area is 180 Å². The first-order valence-corrected chi connectivity index (χ1v) is 13.2. The quantitative estimate of drug-likeness (QED) is 0.699. The second-order valence-electron chi connectivity index (χ2n) is 7.75. The zero-order valence-electron chi connectivity index (χ0n) is 16.6. The number of nitrogens with zero attached hydrogens (tertiary/aromatic N) is 3. The lowest BCUT2D eigenvalue weighted by atomic mass is 9.98. The first-order valence-electron chi connectivity index (χ1n) is 10.0. The van der Waals surface area contributed by atoms with Crippen LogP contribution < -0.4 is 0 Å². The largest absolute Gasteiger partial charge is 0.340 e. The standard InChI is InChI=1S/C20H27N3O3S3/c1-16-6-7-19(28-16)29(25,26)23-8-2-4-17(14-23)20(24)22-11-9-21(10-12-22)15-18-5-3-13-27-18/h3,5-7,13,17H,2,4,8-12,14-15H2,1H3/t17-/m1/s1. The highest BCUT2D eigenvalue weighted by Crippen LogP contribution is 2.29. The van der Waals surface area contributed by atoms with Crippen LogP contribution >= 0.6 is 22.7 Å². The van der Waals surface area contributed by atoms with Crippen molar-refractivity contribution in [2.24, 2.45) is 5.92 Å². The van der Waals surface area contributed by atoms with Gasteiger partial charge in [0, 0.05) is 55.6 Å². The van der Waals surface area contributed by atoms with Crippen molar-refractivity contribution in [3.05, 3.63) is 39.4 Å². The normalized spacial score (nSPS) is 22.1. The molecule has 0 spiro atoms. The van der Waals surface area contributed by atoms with Crippen LogP contribution in [-0.4, -0.2) is 67.7 Å². The third-order valence-corrected chi connectivity index (χ3v) is 9.88. The zero-order chi connectivity index (χ0) is 20.4. The topological polar surface area (TPSA) is 60.9 Å². The predicted octanol–water partition coefficient (Wildman–Crippen LogP) is 2.86. The van der Waals surface area contributed by atoms with Gasteiger partial charge in [0.05, 0.1) is 5.92 Å². The van der Waals surface area contributed by atoms with E-state index >= 15 is 0 Å². The van der Waals surface area contributed by atoms with Crippen LogP contribution in [0.15, 0.2) is 33.9 Å². The maximum absolute atomic E-state index is 13.1. The van der Waals surface area contributed by atoms with E-state index in [1.165, 1.54) is 20.5 Å². The SMILES string of the molecule is Cc1ccc(S(=O)(=O)N2CCC[C@@H](C(=O)N3CCN(Cc4cccs4)CC3)C2)s1. The Morgan fingerprint density at radius 2 is 1.93 bits per heavy atom. The van der Waals surface area contributed by atoms with Gasteiger partial charge in [0.25, 0.3) is 10.0 Å². The van der Waals surface area contributed by atoms with Gasteiger partial charge in [0.15, 0.2) is 0 Å². The van der Waals surface area contributed by atoms with E-state index in [-0.39, 0.29) is 11.8 Å². The number of sulfonamides is 1. The van der Waals surface area contributed by atoms with Crippen molar-refractivity contribution in [1.29, 1.82) is 0 Å². The van der Waals surface area contributed by atoms with Crippen LogP contribution in [0.25, 0.3) is 0 Å². The molecule has 158 valence electrons. The lowest BCUT2D eigenvalue weighted by Crippen LogP contribution is -2.52. The van der Waals surface area contributed by atoms with Gasteiger partial charge in [-0.25, -0.2) is 8.42 Å². The monoisotopic (exact) mass is 453 g/mol. The van der Waals surface area contributed by atoms with Crippen LogP contribution in [-0.2, 0) is 21.4 Å². The fraction of sp³-hybridized carbons (Fsp3) is 0.550. The summed E-state index contributed by atoms with van der Waals surface area (Å²) in [6.07, 6.45) is 1.50. The maximum Gasteiger partial charge on any atom is 0.252 e. The second-order valence-corrected chi connectivity index (χ2v) is 12.2. The number of hydrogen-bond acceptors (Lipinski definition) is 6. The molecule has 2 aliphatic heterocycles. The van der Waals surface area contributed by atoms with E-state index in [9.17, 15) is 13.2 Å². The van der Waals surface area contributed by atoms with E-state index in [0.29, 0.717) is 17.3 Å². The summed E-state index contributed by atoms with van der Waals surface area (Å²) in [4.78, 5) is 19.7. The van der Waals surface area contributed by atoms with Crippen molar-refractivity contribution in [2.45, 2.75) is 30.5 Å². The van der Waals surface area contributed by atoms with Crippen molar-refractivity contribution in [3.63, 3.8) is 0 Å². The zero-order valence-corrected chi connectivity index (χ0v) is 19.1. The summed E-state index contributed by atoms with van der Waals surface area (Å²) in [7, 11) is -3.50. The molecule has 2 aliphatic rings. The predicted molar refractivity (Wildman–Crippen MR) is 117 cm³/mol. The Balaban J connectivity index is 1.34. The molecule has 0 radical (unpaired) electrons. The molecule has 1 atom stereocenters. The van der Waals surface area contributed by atoms with E-state index in [0.717, 1.165) is 50.4 Å². The van der Waals surface area contributed by atoms with Gasteiger partial charge in [-0.05, 0) is 43.3 Å². The molecule has 4 rings (SSSR count). The molecule has 0 N–H and O–H groups in total. The van der Waals surface area contributed by atoms with Crippen molar-refractivity contribution in [1.82, 2.24) is 14.1 Å². The molecule has 0 aliphatic carbocycles. The summed E-state index contributed by atoms with van der Waals surface area (Å²) < 4.78 is 27.8. The third kappa shape index (κ3) is 4.74. The Hall–Kier alpha value is -1.26. The molecule has 2 fully saturated rings. The molecule has 2 aromatic heterocycles. The minimum absolute atomic E-state index is 0.114. The number of piperazine rings is 1. The number of thiophene rings is 2. The van der Waals surface area contributed by atoms with Gasteiger partial charge >= 0.3 is 0 Å². The summed E-state index contributed by atoms with van der Waals surface area (Å²) in [6, 6.07) is 7.72. The number of carbonyl (C=O) groups is 1. The van der Waals surface area contributed by atoms with Crippen LogP contribution in [0.4, 0.5) is 0 Å². The Morgan fingerprint density at radius 3 is 2.59 bits per heavy atom. The summed E-state index contributed by atoms with van der Waals surface area (Å²) in [5, 5.41) is 2.09. The van der Waals surface area contributed by atoms with E-state index < -0.39 is 10.0 Å². The first kappa shape index (κ1) is 21.0. The molecular formula is C20H27N3O3S3. The van der Waals surface area contributed by atoms with E-state index in [2.05, 4.69) is 22.4 Å². The summed E-state index contributed by atoms with van der Waals surface area (Å²) in [5.74, 6) is -0.119. The molecule has 4 heterocycles. The van der Waals surface area contributed by atoms with Crippen LogP contribution in [0.3, 0.4) is 0 Å². The number of aryl methyl sites for hydroxylation is 1. The van der Waals surface area contributed by atoms with Gasteiger partial charge < -0.3 is 4.90 Å². The van der Waals surface area contributed by atoms with Crippen LogP contribution in [0.5, 0.6) is 0 Å². The first-order chi connectivity index (χ1) is 13.9. The lowest BCUT2D eigenvalue weighted by molar-refractivity contribution is -0.138. The highest BCUT2D eigenvalue weighted by atomic mass is 32.2. The Morgan fingerprint density at radius 1 is 1.14 bits per heavy atom. The van der Waals surface area contributed by atoms with Gasteiger partial charge in [-0.2, -0.15) is 4.31 Å². The van der Waals surface area contributed by atoms with Crippen LogP contribution in [0.2, 0.25) is 0 Å². The molecule has 0 aromatic carbocycles. The van der Waals surface area contributed by atoms with Gasteiger partial charge in [0.1, 0.15) is 4.21 Å². The smallest absolute Gasteiger partial charge is 0.252 e. The highest BCUT2D eigenvalue weighted by Gasteiger charge is 2.36. The van der Waals surface area contributed by atoms with Gasteiger partial charge in [-0.3, -0.25) is 9.69 Å². The number of rotatable bonds is 5. The third-order valence-electron chi connectivity index (χ3n) is 5.69. The molecular weight excluding hydrogens is 426 g/mol. The number of hydrogen-bond donors (Lipinski definition) is 0. The van der Waals surface area contributed by atoms with E-state index in [4.69, 9.17) is 0 Å². The number of amides is 1. The Bertz CT molecular complexity index is 931. The summed E-state index contributed by atoms with van der Waals surface area (Å²) in [6.45, 7) is 6.82. The van der Waals surface area contributed by atoms with Crippen molar-refractivity contribution < 1.29 is 13.2 Å². The van der Waals surface area contributed by atoms with E-state index in [1.54, 1.807) is 17.4 Å². The lowest BCUT2D eigenvalue weighted by Gasteiger charge is -2.38. The molecule has 0 unspecified atom stereocenters. The van der Waals surface area contributed by atoms with Gasteiger partial charge in [0.2, 0.25) is 5.91 Å². The molecule has 2 saturated heterocycles. The molecule has 6 nitrogen and oxygen atoms in total. The molecule has 29 heavy (non-hydrogen) atoms. The Kier molecular flexibility index (Phi) is 6.41. The summed E-state index contributed by atoms with van der Waals surface area (Å²) in [5.41, 5.74) is 0. The minimum atomic E-state index is -3.50. The van der Waals surface area contributed by atoms with E-state index in [1.807, 2.05) is 17.9 Å². The van der Waals surface area contributed by atoms with Crippen molar-refractivity contribution in [2.75, 3.05) is 39.3 Å². The fourth-order valence-corrected chi connectivity index (χ4v) is 7.76. The average Bonchev–Trinajstić information content (AvgIpc) is 3.40. The molecule has 1 amide bonds. The van der Waals surface area contributed by atoms with Crippen LogP contribution in [0.1, 0.15) is 22.6 Å². The molecule has 9 heteroatoms. The fourth-order valence-electron chi connectivity index (χ4n) is 4.05. The van der Waals surface area contributed by atoms with Crippen LogP contribution in [0, 0.1) is 12.8 Å². The molecule has 0 bridgehead atoms. The second kappa shape index (κ2) is 8.85. The maximum atomic E-state index is 13.1. The average molecular weight is 454 g/mol. The number of carbonyl (C=O) groups excluding carboxylic acids is 1. The molecule has 2 aromatic rings. The van der Waals surface area contributed by atoms with Crippen molar-refractivity contribution in [3.8, 4) is 0 Å². The van der Waals surface area contributed by atoms with Crippen molar-refractivity contribution >= 4 is 38.6 Å². The summed E-state index contributed by atoms with van der Waals surface area (Å²) >= 11 is 3.06. The highest BCUT2D eigenvalue weighted by molar-refractivity contribution is 7.91. The minimum Gasteiger partial charge on any atom is -0.340 e. The molecule has 0 saturated carbocycles. The van der Waals surface area contributed by atoms with Gasteiger partial charge in [-0.15, -0.1) is 22.7 Å².